The highest BCUT2D eigenvalue weighted by Gasteiger charge is 2.16. The predicted octanol–water partition coefficient (Wildman–Crippen LogP) is 4.02. The number of sulfonamides is 1. The number of benzene rings is 2. The molecular formula is C20H26N2O3S. The Hall–Kier alpha value is -2.18. The smallest absolute Gasteiger partial charge is 0.255 e. The maximum atomic E-state index is 12.5. The summed E-state index contributed by atoms with van der Waals surface area (Å²) in [5.41, 5.74) is 3.09. The Morgan fingerprint density at radius 1 is 1.04 bits per heavy atom. The Labute approximate surface area is 155 Å². The summed E-state index contributed by atoms with van der Waals surface area (Å²) in [6, 6.07) is 11.8. The molecule has 0 unspecified atom stereocenters. The summed E-state index contributed by atoms with van der Waals surface area (Å²) >= 11 is 0. The fourth-order valence-corrected chi connectivity index (χ4v) is 3.74. The molecule has 0 saturated carbocycles. The minimum Gasteiger partial charge on any atom is -0.322 e. The van der Waals surface area contributed by atoms with E-state index in [4.69, 9.17) is 0 Å². The first kappa shape index (κ1) is 20.1. The third kappa shape index (κ3) is 5.41. The topological polar surface area (TPSA) is 75.3 Å². The minimum absolute atomic E-state index is 0.0993. The van der Waals surface area contributed by atoms with Crippen LogP contribution >= 0.6 is 0 Å². The number of nitrogens with one attached hydrogen (secondary N) is 2. The van der Waals surface area contributed by atoms with Crippen molar-refractivity contribution >= 4 is 21.6 Å². The quantitative estimate of drug-likeness (QED) is 0.685. The van der Waals surface area contributed by atoms with E-state index in [1.165, 1.54) is 12.1 Å². The molecule has 2 aromatic carbocycles. The van der Waals surface area contributed by atoms with Gasteiger partial charge in [0.25, 0.3) is 5.91 Å². The predicted molar refractivity (Wildman–Crippen MR) is 105 cm³/mol. The average molecular weight is 375 g/mol. The van der Waals surface area contributed by atoms with Crippen LogP contribution in [0, 0.1) is 13.8 Å². The van der Waals surface area contributed by atoms with E-state index in [1.54, 1.807) is 12.1 Å². The van der Waals surface area contributed by atoms with Gasteiger partial charge in [-0.05, 0) is 50.1 Å². The lowest BCUT2D eigenvalue weighted by Gasteiger charge is -2.11. The summed E-state index contributed by atoms with van der Waals surface area (Å²) in [6.45, 7) is 6.37. The van der Waals surface area contributed by atoms with Gasteiger partial charge in [-0.25, -0.2) is 13.1 Å². The van der Waals surface area contributed by atoms with Gasteiger partial charge in [0.1, 0.15) is 0 Å². The fourth-order valence-electron chi connectivity index (χ4n) is 2.62. The van der Waals surface area contributed by atoms with E-state index in [1.807, 2.05) is 32.0 Å². The first-order valence-electron chi connectivity index (χ1n) is 8.82. The molecule has 0 radical (unpaired) electrons. The number of unbranched alkanes of at least 4 members (excludes halogenated alkanes) is 2. The van der Waals surface area contributed by atoms with E-state index in [2.05, 4.69) is 17.0 Å². The molecule has 26 heavy (non-hydrogen) atoms. The van der Waals surface area contributed by atoms with Crippen molar-refractivity contribution < 1.29 is 13.2 Å². The Morgan fingerprint density at radius 3 is 2.50 bits per heavy atom. The van der Waals surface area contributed by atoms with Gasteiger partial charge in [0.05, 0.1) is 4.90 Å². The van der Waals surface area contributed by atoms with Gasteiger partial charge in [0, 0.05) is 17.8 Å². The van der Waals surface area contributed by atoms with Gasteiger partial charge < -0.3 is 5.32 Å². The zero-order chi connectivity index (χ0) is 19.2. The number of anilines is 1. The van der Waals surface area contributed by atoms with E-state index in [-0.39, 0.29) is 10.8 Å². The molecule has 0 saturated heterocycles. The second kappa shape index (κ2) is 8.96. The van der Waals surface area contributed by atoms with Crippen molar-refractivity contribution in [3.8, 4) is 0 Å². The van der Waals surface area contributed by atoms with Crippen LogP contribution in [0.25, 0.3) is 0 Å². The number of hydrogen-bond donors (Lipinski definition) is 2. The van der Waals surface area contributed by atoms with Crippen LogP contribution < -0.4 is 10.0 Å². The van der Waals surface area contributed by atoms with Crippen LogP contribution in [0.5, 0.6) is 0 Å². The van der Waals surface area contributed by atoms with Crippen molar-refractivity contribution in [3.05, 3.63) is 59.2 Å². The molecule has 5 nitrogen and oxygen atoms in total. The molecule has 0 aromatic heterocycles. The van der Waals surface area contributed by atoms with Gasteiger partial charge in [-0.15, -0.1) is 0 Å². The molecule has 0 spiro atoms. The number of amides is 1. The summed E-state index contributed by atoms with van der Waals surface area (Å²) in [5.74, 6) is -0.333. The van der Waals surface area contributed by atoms with Gasteiger partial charge in [-0.1, -0.05) is 43.5 Å². The van der Waals surface area contributed by atoms with Gasteiger partial charge >= 0.3 is 0 Å². The molecule has 1 amide bonds. The number of carbonyl (C=O) groups is 1. The van der Waals surface area contributed by atoms with Gasteiger partial charge in [0.15, 0.2) is 0 Å². The highest BCUT2D eigenvalue weighted by molar-refractivity contribution is 7.89. The van der Waals surface area contributed by atoms with E-state index < -0.39 is 10.0 Å². The molecule has 2 N–H and O–H groups in total. The summed E-state index contributed by atoms with van der Waals surface area (Å²) in [6.07, 6.45) is 2.79. The molecule has 140 valence electrons. The third-order valence-electron chi connectivity index (χ3n) is 4.11. The molecule has 2 aromatic rings. The standard InChI is InChI=1S/C20H26N2O3S/c1-4-5-6-12-21-26(24,25)18-9-7-8-17(14-18)20(23)22-19-11-10-15(2)13-16(19)3/h7-11,13-14,21H,4-6,12H2,1-3H3,(H,22,23). The van der Waals surface area contributed by atoms with Gasteiger partial charge in [0.2, 0.25) is 10.0 Å². The van der Waals surface area contributed by atoms with Crippen LogP contribution in [-0.2, 0) is 10.0 Å². The highest BCUT2D eigenvalue weighted by atomic mass is 32.2. The first-order valence-corrected chi connectivity index (χ1v) is 10.3. The molecule has 0 aliphatic carbocycles. The fraction of sp³-hybridized carbons (Fsp3) is 0.350. The number of rotatable bonds is 8. The van der Waals surface area contributed by atoms with Crippen LogP contribution in [-0.4, -0.2) is 20.9 Å². The molecule has 0 atom stereocenters. The second-order valence-electron chi connectivity index (χ2n) is 6.41. The van der Waals surface area contributed by atoms with Crippen LogP contribution in [0.15, 0.2) is 47.4 Å². The molecule has 0 aliphatic heterocycles. The van der Waals surface area contributed by atoms with Gasteiger partial charge in [-0.2, -0.15) is 0 Å². The molecule has 6 heteroatoms. The molecule has 0 bridgehead atoms. The summed E-state index contributed by atoms with van der Waals surface area (Å²) in [4.78, 5) is 12.6. The lowest BCUT2D eigenvalue weighted by Crippen LogP contribution is -2.25. The van der Waals surface area contributed by atoms with Crippen molar-refractivity contribution in [2.75, 3.05) is 11.9 Å². The van der Waals surface area contributed by atoms with Crippen LogP contribution in [0.3, 0.4) is 0 Å². The monoisotopic (exact) mass is 374 g/mol. The van der Waals surface area contributed by atoms with E-state index in [0.717, 1.165) is 30.4 Å². The molecule has 0 fully saturated rings. The Bertz CT molecular complexity index is 876. The maximum Gasteiger partial charge on any atom is 0.255 e. The molecule has 2 rings (SSSR count). The summed E-state index contributed by atoms with van der Waals surface area (Å²) in [7, 11) is -3.61. The van der Waals surface area contributed by atoms with Crippen molar-refractivity contribution in [1.82, 2.24) is 4.72 Å². The number of aryl methyl sites for hydroxylation is 2. The van der Waals surface area contributed by atoms with E-state index in [9.17, 15) is 13.2 Å². The molecular weight excluding hydrogens is 348 g/mol. The second-order valence-corrected chi connectivity index (χ2v) is 8.17. The summed E-state index contributed by atoms with van der Waals surface area (Å²) < 4.78 is 27.3. The number of carbonyl (C=O) groups excluding carboxylic acids is 1. The van der Waals surface area contributed by atoms with Crippen molar-refractivity contribution in [2.45, 2.75) is 44.9 Å². The Morgan fingerprint density at radius 2 is 1.81 bits per heavy atom. The van der Waals surface area contributed by atoms with Gasteiger partial charge in [-0.3, -0.25) is 4.79 Å². The first-order chi connectivity index (χ1) is 12.3. The lowest BCUT2D eigenvalue weighted by atomic mass is 10.1. The van der Waals surface area contributed by atoms with E-state index >= 15 is 0 Å². The van der Waals surface area contributed by atoms with E-state index in [0.29, 0.717) is 17.8 Å². The van der Waals surface area contributed by atoms with Crippen LogP contribution in [0.2, 0.25) is 0 Å². The zero-order valence-corrected chi connectivity index (χ0v) is 16.3. The minimum atomic E-state index is -3.61. The molecule has 0 heterocycles. The van der Waals surface area contributed by atoms with Crippen LogP contribution in [0.4, 0.5) is 5.69 Å². The Kier molecular flexibility index (Phi) is 6.94. The normalized spacial score (nSPS) is 11.3. The maximum absolute atomic E-state index is 12.5. The largest absolute Gasteiger partial charge is 0.322 e. The van der Waals surface area contributed by atoms with Crippen molar-refractivity contribution in [1.29, 1.82) is 0 Å². The number of hydrogen-bond acceptors (Lipinski definition) is 3. The van der Waals surface area contributed by atoms with Crippen molar-refractivity contribution in [2.24, 2.45) is 0 Å². The van der Waals surface area contributed by atoms with Crippen LogP contribution in [0.1, 0.15) is 47.7 Å². The summed E-state index contributed by atoms with van der Waals surface area (Å²) in [5, 5.41) is 2.84. The lowest BCUT2D eigenvalue weighted by molar-refractivity contribution is 0.102. The Balaban J connectivity index is 2.13. The third-order valence-corrected chi connectivity index (χ3v) is 5.57. The van der Waals surface area contributed by atoms with Crippen molar-refractivity contribution in [3.63, 3.8) is 0 Å². The highest BCUT2D eigenvalue weighted by Crippen LogP contribution is 2.18. The zero-order valence-electron chi connectivity index (χ0n) is 15.5. The SMILES string of the molecule is CCCCCNS(=O)(=O)c1cccc(C(=O)Nc2ccc(C)cc2C)c1. The average Bonchev–Trinajstić information content (AvgIpc) is 2.61. The molecule has 0 aliphatic rings.